The van der Waals surface area contributed by atoms with Gasteiger partial charge in [-0.1, -0.05) is 58.4 Å². The number of halogens is 1. The number of benzene rings is 2. The molecule has 0 bridgehead atoms. The van der Waals surface area contributed by atoms with Crippen LogP contribution < -0.4 is 10.2 Å². The molecule has 0 radical (unpaired) electrons. The lowest BCUT2D eigenvalue weighted by Gasteiger charge is -2.33. The molecular formula is C27H38ClN3O2. The van der Waals surface area contributed by atoms with Gasteiger partial charge in [-0.15, -0.1) is 0 Å². The van der Waals surface area contributed by atoms with E-state index in [1.165, 1.54) is 0 Å². The highest BCUT2D eigenvalue weighted by Crippen LogP contribution is 2.29. The molecule has 2 rings (SSSR count). The summed E-state index contributed by atoms with van der Waals surface area (Å²) in [4.78, 5) is 30.0. The second-order valence-corrected chi connectivity index (χ2v) is 10.8. The minimum Gasteiger partial charge on any atom is -0.377 e. The highest BCUT2D eigenvalue weighted by atomic mass is 35.5. The van der Waals surface area contributed by atoms with Crippen molar-refractivity contribution >= 4 is 34.8 Å². The molecule has 0 spiro atoms. The van der Waals surface area contributed by atoms with Crippen molar-refractivity contribution in [2.24, 2.45) is 11.3 Å². The monoisotopic (exact) mass is 471 g/mol. The molecule has 0 aromatic heterocycles. The number of anilines is 2. The third-order valence-corrected chi connectivity index (χ3v) is 6.03. The summed E-state index contributed by atoms with van der Waals surface area (Å²) in [6.45, 7) is 12.8. The highest BCUT2D eigenvalue weighted by Gasteiger charge is 2.26. The summed E-state index contributed by atoms with van der Waals surface area (Å²) in [6.07, 6.45) is 0.430. The quantitative estimate of drug-likeness (QED) is 0.480. The fourth-order valence-electron chi connectivity index (χ4n) is 3.65. The topological polar surface area (TPSA) is 52.7 Å². The molecule has 0 aliphatic rings. The molecule has 0 unspecified atom stereocenters. The smallest absolute Gasteiger partial charge is 0.255 e. The zero-order chi connectivity index (χ0) is 24.9. The van der Waals surface area contributed by atoms with Crippen molar-refractivity contribution in [2.45, 2.75) is 60.5 Å². The number of hydrogen-bond donors (Lipinski definition) is 1. The van der Waals surface area contributed by atoms with Gasteiger partial charge in [0.15, 0.2) is 0 Å². The minimum atomic E-state index is -0.103. The molecule has 0 aliphatic heterocycles. The SMILES string of the molecule is CC(C)[C@H](C)N(Cc1cc(NC(=O)CC(C)(C)C)ccc1N(C)C)C(=O)c1ccccc1Cl. The molecule has 1 atom stereocenters. The molecule has 6 heteroatoms. The van der Waals surface area contributed by atoms with Gasteiger partial charge in [-0.3, -0.25) is 9.59 Å². The van der Waals surface area contributed by atoms with E-state index < -0.39 is 0 Å². The average Bonchev–Trinajstić information content (AvgIpc) is 2.69. The number of nitrogens with one attached hydrogen (secondary N) is 1. The Morgan fingerprint density at radius 2 is 1.67 bits per heavy atom. The zero-order valence-corrected chi connectivity index (χ0v) is 22.0. The third-order valence-electron chi connectivity index (χ3n) is 5.70. The van der Waals surface area contributed by atoms with Crippen molar-refractivity contribution in [2.75, 3.05) is 24.3 Å². The molecule has 0 heterocycles. The van der Waals surface area contributed by atoms with E-state index in [1.807, 2.05) is 75.0 Å². The van der Waals surface area contributed by atoms with Crippen LogP contribution in [-0.2, 0) is 11.3 Å². The van der Waals surface area contributed by atoms with E-state index in [1.54, 1.807) is 12.1 Å². The van der Waals surface area contributed by atoms with Gasteiger partial charge in [0.2, 0.25) is 5.91 Å². The second kappa shape index (κ2) is 11.1. The summed E-state index contributed by atoms with van der Waals surface area (Å²) in [5.74, 6) is 0.133. The summed E-state index contributed by atoms with van der Waals surface area (Å²) in [6, 6.07) is 13.0. The maximum Gasteiger partial charge on any atom is 0.255 e. The molecular weight excluding hydrogens is 434 g/mol. The second-order valence-electron chi connectivity index (χ2n) is 10.4. The van der Waals surface area contributed by atoms with E-state index in [-0.39, 0.29) is 29.2 Å². The van der Waals surface area contributed by atoms with Crippen LogP contribution in [0.15, 0.2) is 42.5 Å². The van der Waals surface area contributed by atoms with Crippen LogP contribution in [0.3, 0.4) is 0 Å². The van der Waals surface area contributed by atoms with E-state index in [4.69, 9.17) is 11.6 Å². The molecule has 0 fully saturated rings. The van der Waals surface area contributed by atoms with Crippen LogP contribution in [-0.4, -0.2) is 36.9 Å². The van der Waals surface area contributed by atoms with Gasteiger partial charge in [0.05, 0.1) is 10.6 Å². The lowest BCUT2D eigenvalue weighted by atomic mass is 9.92. The average molecular weight is 472 g/mol. The van der Waals surface area contributed by atoms with Gasteiger partial charge in [-0.25, -0.2) is 0 Å². The molecule has 1 N–H and O–H groups in total. The van der Waals surface area contributed by atoms with Gasteiger partial charge in [-0.05, 0) is 54.2 Å². The Balaban J connectivity index is 2.44. The molecule has 2 amide bonds. The predicted octanol–water partition coefficient (Wildman–Crippen LogP) is 6.47. The molecule has 0 saturated heterocycles. The van der Waals surface area contributed by atoms with Crippen LogP contribution in [0, 0.1) is 11.3 Å². The zero-order valence-electron chi connectivity index (χ0n) is 21.2. The number of nitrogens with zero attached hydrogens (tertiary/aromatic N) is 2. The molecule has 0 saturated carbocycles. The Kier molecular flexibility index (Phi) is 8.96. The summed E-state index contributed by atoms with van der Waals surface area (Å²) in [5.41, 5.74) is 3.08. The van der Waals surface area contributed by atoms with Crippen molar-refractivity contribution in [3.8, 4) is 0 Å². The van der Waals surface area contributed by atoms with Crippen LogP contribution in [0.1, 0.15) is 63.9 Å². The number of rotatable bonds is 8. The number of carbonyl (C=O) groups excluding carboxylic acids is 2. The normalized spacial score (nSPS) is 12.4. The van der Waals surface area contributed by atoms with Crippen LogP contribution in [0.5, 0.6) is 0 Å². The van der Waals surface area contributed by atoms with E-state index in [0.29, 0.717) is 23.6 Å². The number of carbonyl (C=O) groups is 2. The van der Waals surface area contributed by atoms with Crippen molar-refractivity contribution in [3.05, 3.63) is 58.6 Å². The number of hydrogen-bond acceptors (Lipinski definition) is 3. The maximum absolute atomic E-state index is 13.6. The van der Waals surface area contributed by atoms with Crippen molar-refractivity contribution < 1.29 is 9.59 Å². The van der Waals surface area contributed by atoms with E-state index in [0.717, 1.165) is 16.9 Å². The summed E-state index contributed by atoms with van der Waals surface area (Å²) in [5, 5.41) is 3.46. The van der Waals surface area contributed by atoms with Gasteiger partial charge in [0.25, 0.3) is 5.91 Å². The van der Waals surface area contributed by atoms with Crippen molar-refractivity contribution in [1.29, 1.82) is 0 Å². The Morgan fingerprint density at radius 3 is 2.21 bits per heavy atom. The van der Waals surface area contributed by atoms with Gasteiger partial charge in [0.1, 0.15) is 0 Å². The Morgan fingerprint density at radius 1 is 1.03 bits per heavy atom. The molecule has 180 valence electrons. The predicted molar refractivity (Wildman–Crippen MR) is 139 cm³/mol. The van der Waals surface area contributed by atoms with E-state index >= 15 is 0 Å². The maximum atomic E-state index is 13.6. The summed E-state index contributed by atoms with van der Waals surface area (Å²) < 4.78 is 0. The molecule has 5 nitrogen and oxygen atoms in total. The van der Waals surface area contributed by atoms with Gasteiger partial charge in [-0.2, -0.15) is 0 Å². The summed E-state index contributed by atoms with van der Waals surface area (Å²) >= 11 is 6.36. The molecule has 2 aromatic rings. The van der Waals surface area contributed by atoms with E-state index in [2.05, 4.69) is 26.1 Å². The molecule has 0 aliphatic carbocycles. The van der Waals surface area contributed by atoms with Gasteiger partial charge in [0, 0.05) is 44.5 Å². The largest absolute Gasteiger partial charge is 0.377 e. The first-order valence-electron chi connectivity index (χ1n) is 11.5. The van der Waals surface area contributed by atoms with Crippen molar-refractivity contribution in [1.82, 2.24) is 4.90 Å². The lowest BCUT2D eigenvalue weighted by molar-refractivity contribution is -0.117. The first kappa shape index (κ1) is 26.7. The standard InChI is InChI=1S/C27H38ClN3O2/c1-18(2)19(3)31(26(33)22-11-9-10-12-23(22)28)17-20-15-21(13-14-24(20)30(7)8)29-25(32)16-27(4,5)6/h9-15,18-19H,16-17H2,1-8H3,(H,29,32)/t19-/m0/s1. The number of amides is 2. The Bertz CT molecular complexity index is 980. The van der Waals surface area contributed by atoms with Crippen LogP contribution in [0.2, 0.25) is 5.02 Å². The van der Waals surface area contributed by atoms with Crippen LogP contribution in [0.25, 0.3) is 0 Å². The highest BCUT2D eigenvalue weighted by molar-refractivity contribution is 6.33. The first-order valence-corrected chi connectivity index (χ1v) is 11.8. The van der Waals surface area contributed by atoms with Crippen LogP contribution in [0.4, 0.5) is 11.4 Å². The fraction of sp³-hybridized carbons (Fsp3) is 0.481. The van der Waals surface area contributed by atoms with Crippen LogP contribution >= 0.6 is 11.6 Å². The molecule has 33 heavy (non-hydrogen) atoms. The van der Waals surface area contributed by atoms with Gasteiger partial charge < -0.3 is 15.1 Å². The molecule has 2 aromatic carbocycles. The Hall–Kier alpha value is -2.53. The third kappa shape index (κ3) is 7.50. The van der Waals surface area contributed by atoms with Gasteiger partial charge >= 0.3 is 0 Å². The Labute approximate surface area is 204 Å². The first-order chi connectivity index (χ1) is 15.3. The lowest BCUT2D eigenvalue weighted by Crippen LogP contribution is -2.41. The minimum absolute atomic E-state index is 0.0112. The van der Waals surface area contributed by atoms with E-state index in [9.17, 15) is 9.59 Å². The fourth-order valence-corrected chi connectivity index (χ4v) is 3.86. The summed E-state index contributed by atoms with van der Waals surface area (Å²) in [7, 11) is 3.95. The van der Waals surface area contributed by atoms with Crippen molar-refractivity contribution in [3.63, 3.8) is 0 Å².